The maximum atomic E-state index is 11.7. The van der Waals surface area contributed by atoms with E-state index in [1.165, 1.54) is 0 Å². The van der Waals surface area contributed by atoms with Crippen LogP contribution in [0.3, 0.4) is 0 Å². The van der Waals surface area contributed by atoms with Crippen molar-refractivity contribution in [2.75, 3.05) is 0 Å². The fraction of sp³-hybridized carbons (Fsp3) is 0.154. The van der Waals surface area contributed by atoms with Crippen LogP contribution < -0.4 is 0 Å². The zero-order valence-corrected chi connectivity index (χ0v) is 8.78. The van der Waals surface area contributed by atoms with E-state index in [0.29, 0.717) is 5.76 Å². The van der Waals surface area contributed by atoms with Gasteiger partial charge in [-0.3, -0.25) is 4.79 Å². The van der Waals surface area contributed by atoms with Gasteiger partial charge in [-0.05, 0) is 32.1 Å². The van der Waals surface area contributed by atoms with Gasteiger partial charge in [0.05, 0.1) is 0 Å². The average Bonchev–Trinajstić information content (AvgIpc) is 2.59. The van der Waals surface area contributed by atoms with Crippen molar-refractivity contribution < 1.29 is 9.21 Å². The third-order valence-corrected chi connectivity index (χ3v) is 2.09. The largest absolute Gasteiger partial charge is 0.453 e. The van der Waals surface area contributed by atoms with Crippen molar-refractivity contribution in [3.63, 3.8) is 0 Å². The van der Waals surface area contributed by atoms with E-state index in [0.717, 1.165) is 16.5 Å². The van der Waals surface area contributed by atoms with E-state index in [1.807, 2.05) is 38.1 Å². The number of hydrogen-bond donors (Lipinski definition) is 0. The lowest BCUT2D eigenvalue weighted by Gasteiger charge is -1.89. The van der Waals surface area contributed by atoms with Crippen molar-refractivity contribution in [2.45, 2.75) is 13.8 Å². The molecule has 2 nitrogen and oxygen atoms in total. The highest BCUT2D eigenvalue weighted by molar-refractivity contribution is 6.05. The van der Waals surface area contributed by atoms with E-state index < -0.39 is 0 Å². The molecule has 0 aliphatic carbocycles. The first-order valence-electron chi connectivity index (χ1n) is 4.84. The van der Waals surface area contributed by atoms with E-state index in [2.05, 4.69) is 0 Å². The van der Waals surface area contributed by atoms with Crippen molar-refractivity contribution in [3.05, 3.63) is 47.7 Å². The molecule has 1 heterocycles. The Kier molecular flexibility index (Phi) is 2.42. The Morgan fingerprint density at radius 3 is 2.67 bits per heavy atom. The van der Waals surface area contributed by atoms with Gasteiger partial charge in [0.15, 0.2) is 5.76 Å². The fourth-order valence-corrected chi connectivity index (χ4v) is 1.44. The number of rotatable bonds is 2. The van der Waals surface area contributed by atoms with E-state index in [1.54, 1.807) is 12.1 Å². The highest BCUT2D eigenvalue weighted by Crippen LogP contribution is 2.19. The van der Waals surface area contributed by atoms with Crippen LogP contribution in [0.1, 0.15) is 24.4 Å². The lowest BCUT2D eigenvalue weighted by atomic mass is 10.2. The highest BCUT2D eigenvalue weighted by atomic mass is 16.3. The summed E-state index contributed by atoms with van der Waals surface area (Å²) in [6, 6.07) is 9.37. The molecule has 0 radical (unpaired) electrons. The molecule has 0 bridgehead atoms. The maximum Gasteiger partial charge on any atom is 0.220 e. The monoisotopic (exact) mass is 200 g/mol. The number of carbonyl (C=O) groups is 1. The Morgan fingerprint density at radius 1 is 1.27 bits per heavy atom. The summed E-state index contributed by atoms with van der Waals surface area (Å²) in [7, 11) is 0. The van der Waals surface area contributed by atoms with E-state index in [9.17, 15) is 4.79 Å². The number of fused-ring (bicyclic) bond motifs is 1. The topological polar surface area (TPSA) is 30.2 Å². The van der Waals surface area contributed by atoms with Crippen LogP contribution in [0, 0.1) is 0 Å². The molecule has 1 aromatic heterocycles. The molecule has 0 aliphatic heterocycles. The van der Waals surface area contributed by atoms with Gasteiger partial charge in [-0.1, -0.05) is 23.8 Å². The second-order valence-corrected chi connectivity index (χ2v) is 3.73. The van der Waals surface area contributed by atoms with Crippen molar-refractivity contribution >= 4 is 16.8 Å². The quantitative estimate of drug-likeness (QED) is 0.547. The van der Waals surface area contributed by atoms with Crippen molar-refractivity contribution in [1.82, 2.24) is 0 Å². The summed E-state index contributed by atoms with van der Waals surface area (Å²) in [5, 5.41) is 0.961. The Hall–Kier alpha value is -1.83. The second-order valence-electron chi connectivity index (χ2n) is 3.73. The molecule has 0 N–H and O–H groups in total. The van der Waals surface area contributed by atoms with Gasteiger partial charge in [0.2, 0.25) is 5.78 Å². The summed E-state index contributed by atoms with van der Waals surface area (Å²) in [6.07, 6.45) is 1.58. The molecule has 0 fully saturated rings. The van der Waals surface area contributed by atoms with Crippen molar-refractivity contribution in [1.29, 1.82) is 0 Å². The van der Waals surface area contributed by atoms with Crippen LogP contribution >= 0.6 is 0 Å². The Morgan fingerprint density at radius 2 is 2.00 bits per heavy atom. The van der Waals surface area contributed by atoms with Gasteiger partial charge in [-0.2, -0.15) is 0 Å². The number of furan rings is 1. The van der Waals surface area contributed by atoms with Crippen LogP contribution in [0.25, 0.3) is 11.0 Å². The predicted molar refractivity (Wildman–Crippen MR) is 60.0 cm³/mol. The first-order valence-corrected chi connectivity index (χ1v) is 4.84. The zero-order valence-electron chi connectivity index (χ0n) is 8.78. The summed E-state index contributed by atoms with van der Waals surface area (Å²) >= 11 is 0. The number of para-hydroxylation sites is 1. The van der Waals surface area contributed by atoms with E-state index in [4.69, 9.17) is 4.42 Å². The summed E-state index contributed by atoms with van der Waals surface area (Å²) in [6.45, 7) is 3.78. The Bertz CT molecular complexity index is 495. The third-order valence-electron chi connectivity index (χ3n) is 2.09. The van der Waals surface area contributed by atoms with Crippen LogP contribution in [0.5, 0.6) is 0 Å². The van der Waals surface area contributed by atoms with Crippen LogP contribution in [0.2, 0.25) is 0 Å². The molecule has 0 spiro atoms. The molecule has 2 heteroatoms. The number of ketones is 1. The van der Waals surface area contributed by atoms with Crippen LogP contribution in [-0.2, 0) is 0 Å². The van der Waals surface area contributed by atoms with Gasteiger partial charge in [0, 0.05) is 5.39 Å². The van der Waals surface area contributed by atoms with Gasteiger partial charge in [-0.15, -0.1) is 0 Å². The lowest BCUT2D eigenvalue weighted by Crippen LogP contribution is -1.91. The zero-order chi connectivity index (χ0) is 10.8. The minimum atomic E-state index is -0.0776. The Labute approximate surface area is 88.2 Å². The third kappa shape index (κ3) is 1.99. The molecule has 0 aliphatic rings. The molecular formula is C13H12O2. The average molecular weight is 200 g/mol. The lowest BCUT2D eigenvalue weighted by molar-refractivity contribution is 0.102. The van der Waals surface area contributed by atoms with Crippen molar-refractivity contribution in [3.8, 4) is 0 Å². The summed E-state index contributed by atoms with van der Waals surface area (Å²) in [5.41, 5.74) is 1.73. The SMILES string of the molecule is CC(C)=CC(=O)c1cc2ccccc2o1. The van der Waals surface area contributed by atoms with Gasteiger partial charge in [0.25, 0.3) is 0 Å². The molecule has 0 saturated heterocycles. The first kappa shape index (κ1) is 9.71. The molecule has 15 heavy (non-hydrogen) atoms. The summed E-state index contributed by atoms with van der Waals surface area (Å²) < 4.78 is 5.44. The standard InChI is InChI=1S/C13H12O2/c1-9(2)7-11(14)13-8-10-5-3-4-6-12(10)15-13/h3-8H,1-2H3. The van der Waals surface area contributed by atoms with Crippen LogP contribution in [-0.4, -0.2) is 5.78 Å². The first-order chi connectivity index (χ1) is 7.16. The minimum absolute atomic E-state index is 0.0776. The van der Waals surface area contributed by atoms with Crippen LogP contribution in [0.4, 0.5) is 0 Å². The van der Waals surface area contributed by atoms with Gasteiger partial charge in [-0.25, -0.2) is 0 Å². The van der Waals surface area contributed by atoms with Gasteiger partial charge >= 0.3 is 0 Å². The summed E-state index contributed by atoms with van der Waals surface area (Å²) in [4.78, 5) is 11.7. The fourth-order valence-electron chi connectivity index (χ4n) is 1.44. The molecule has 2 aromatic rings. The minimum Gasteiger partial charge on any atom is -0.453 e. The number of carbonyl (C=O) groups excluding carboxylic acids is 1. The molecular weight excluding hydrogens is 188 g/mol. The molecule has 76 valence electrons. The predicted octanol–water partition coefficient (Wildman–Crippen LogP) is 3.58. The summed E-state index contributed by atoms with van der Waals surface area (Å²) in [5.74, 6) is 0.323. The van der Waals surface area contributed by atoms with E-state index >= 15 is 0 Å². The number of allylic oxidation sites excluding steroid dienone is 2. The highest BCUT2D eigenvalue weighted by Gasteiger charge is 2.08. The smallest absolute Gasteiger partial charge is 0.220 e. The van der Waals surface area contributed by atoms with Gasteiger partial charge < -0.3 is 4.42 Å². The normalized spacial score (nSPS) is 10.3. The Balaban J connectivity index is 2.45. The molecule has 1 aromatic carbocycles. The molecule has 0 unspecified atom stereocenters. The van der Waals surface area contributed by atoms with Crippen molar-refractivity contribution in [2.24, 2.45) is 0 Å². The van der Waals surface area contributed by atoms with Crippen LogP contribution in [0.15, 0.2) is 46.4 Å². The molecule has 2 rings (SSSR count). The molecule has 0 saturated carbocycles. The second kappa shape index (κ2) is 3.73. The maximum absolute atomic E-state index is 11.7. The number of benzene rings is 1. The molecule has 0 atom stereocenters. The number of hydrogen-bond acceptors (Lipinski definition) is 2. The van der Waals surface area contributed by atoms with E-state index in [-0.39, 0.29) is 5.78 Å². The van der Waals surface area contributed by atoms with Gasteiger partial charge in [0.1, 0.15) is 5.58 Å². The molecule has 0 amide bonds.